The van der Waals surface area contributed by atoms with Crippen molar-refractivity contribution < 1.29 is 9.53 Å². The minimum atomic E-state index is -0.391. The molecule has 2 aromatic heterocycles. The van der Waals surface area contributed by atoms with Gasteiger partial charge in [-0.25, -0.2) is 4.79 Å². The number of hydrogen-bond acceptors (Lipinski definition) is 4. The van der Waals surface area contributed by atoms with E-state index in [0.717, 1.165) is 16.1 Å². The van der Waals surface area contributed by atoms with Crippen LogP contribution in [0.2, 0.25) is 0 Å². The summed E-state index contributed by atoms with van der Waals surface area (Å²) >= 11 is 6.90. The number of thiophene rings is 1. The minimum Gasteiger partial charge on any atom is -0.422 e. The van der Waals surface area contributed by atoms with Gasteiger partial charge in [-0.15, -0.1) is 11.3 Å². The lowest BCUT2D eigenvalue weighted by Gasteiger charge is -1.99. The number of cyclic esters (lactones) is 1. The van der Waals surface area contributed by atoms with Crippen LogP contribution in [-0.2, 0) is 4.74 Å². The van der Waals surface area contributed by atoms with Gasteiger partial charge in [0, 0.05) is 21.0 Å². The molecule has 0 radical (unpaired) electrons. The quantitative estimate of drug-likeness (QED) is 0.493. The van der Waals surface area contributed by atoms with Crippen LogP contribution in [0.1, 0.15) is 26.5 Å². The molecule has 118 valence electrons. The van der Waals surface area contributed by atoms with E-state index in [1.54, 1.807) is 11.3 Å². The average Bonchev–Trinajstić information content (AvgIpc) is 3.14. The summed E-state index contributed by atoms with van der Waals surface area (Å²) in [4.78, 5) is 17.3. The third kappa shape index (κ3) is 2.62. The first-order valence-corrected chi connectivity index (χ1v) is 8.68. The van der Waals surface area contributed by atoms with Gasteiger partial charge in [0.25, 0.3) is 0 Å². The van der Waals surface area contributed by atoms with E-state index in [4.69, 9.17) is 17.0 Å². The van der Waals surface area contributed by atoms with Gasteiger partial charge in [0.2, 0.25) is 0 Å². The second-order valence-electron chi connectivity index (χ2n) is 5.54. The molecule has 0 bridgehead atoms. The maximum absolute atomic E-state index is 12.1. The molecule has 0 unspecified atom stereocenters. The molecule has 0 saturated carbocycles. The summed E-state index contributed by atoms with van der Waals surface area (Å²) in [6.45, 7) is 1.91. The van der Waals surface area contributed by atoms with Crippen molar-refractivity contribution in [2.24, 2.45) is 0 Å². The SMILES string of the molecule is Cc1cc2c(c(=S)[nH]1)C(=O)O/C2=C\c1ccc(-c2ccccc2)s1. The summed E-state index contributed by atoms with van der Waals surface area (Å²) in [5.41, 5.74) is 3.28. The number of hydrogen-bond donors (Lipinski definition) is 1. The Morgan fingerprint density at radius 2 is 1.96 bits per heavy atom. The largest absolute Gasteiger partial charge is 0.422 e. The van der Waals surface area contributed by atoms with Gasteiger partial charge >= 0.3 is 5.97 Å². The fourth-order valence-electron chi connectivity index (χ4n) is 2.72. The lowest BCUT2D eigenvalue weighted by Crippen LogP contribution is -1.97. The number of H-pyrrole nitrogens is 1. The molecule has 0 saturated heterocycles. The standard InChI is InChI=1S/C19H13NO2S2/c1-11-9-14-15(22-19(21)17(14)18(23)20-11)10-13-7-8-16(24-13)12-5-3-2-4-6-12/h2-10H,1H3,(H,20,23)/b15-10-. The Balaban J connectivity index is 1.76. The second-order valence-corrected chi connectivity index (χ2v) is 7.06. The highest BCUT2D eigenvalue weighted by atomic mass is 32.1. The molecule has 1 aromatic carbocycles. The third-order valence-electron chi connectivity index (χ3n) is 3.80. The van der Waals surface area contributed by atoms with Crippen LogP contribution in [0.3, 0.4) is 0 Å². The Morgan fingerprint density at radius 3 is 2.75 bits per heavy atom. The number of aromatic amines is 1. The first-order chi connectivity index (χ1) is 11.6. The molecular weight excluding hydrogens is 338 g/mol. The lowest BCUT2D eigenvalue weighted by atomic mass is 10.1. The molecule has 0 spiro atoms. The molecule has 1 N–H and O–H groups in total. The zero-order valence-corrected chi connectivity index (χ0v) is 14.5. The van der Waals surface area contributed by atoms with Gasteiger partial charge in [-0.1, -0.05) is 42.5 Å². The Hall–Kier alpha value is -2.50. The highest BCUT2D eigenvalue weighted by Crippen LogP contribution is 2.35. The maximum Gasteiger partial charge on any atom is 0.347 e. The van der Waals surface area contributed by atoms with Crippen molar-refractivity contribution in [2.45, 2.75) is 6.92 Å². The summed E-state index contributed by atoms with van der Waals surface area (Å²) in [5.74, 6) is 0.164. The van der Waals surface area contributed by atoms with Gasteiger partial charge in [-0.05, 0) is 36.8 Å². The molecule has 0 fully saturated rings. The molecule has 3 nitrogen and oxygen atoms in total. The van der Waals surface area contributed by atoms with Gasteiger partial charge in [-0.2, -0.15) is 0 Å². The summed E-state index contributed by atoms with van der Waals surface area (Å²) < 4.78 is 5.85. The smallest absolute Gasteiger partial charge is 0.347 e. The maximum atomic E-state index is 12.1. The number of aryl methyl sites for hydroxylation is 1. The number of ether oxygens (including phenoxy) is 1. The van der Waals surface area contributed by atoms with Crippen molar-refractivity contribution in [1.29, 1.82) is 0 Å². The van der Waals surface area contributed by atoms with Gasteiger partial charge in [0.05, 0.1) is 0 Å². The van der Waals surface area contributed by atoms with Gasteiger partial charge in [-0.3, -0.25) is 0 Å². The number of nitrogens with one attached hydrogen (secondary N) is 1. The van der Waals surface area contributed by atoms with Gasteiger partial charge in [0.15, 0.2) is 0 Å². The van der Waals surface area contributed by atoms with E-state index in [-0.39, 0.29) is 0 Å². The Labute approximate surface area is 148 Å². The number of benzene rings is 1. The molecule has 3 heterocycles. The number of pyridine rings is 1. The van der Waals surface area contributed by atoms with E-state index in [1.807, 2.05) is 43.3 Å². The van der Waals surface area contributed by atoms with E-state index in [1.165, 1.54) is 10.4 Å². The molecule has 1 aliphatic rings. The average molecular weight is 351 g/mol. The van der Waals surface area contributed by atoms with Crippen LogP contribution < -0.4 is 0 Å². The summed E-state index contributed by atoms with van der Waals surface area (Å²) in [6, 6.07) is 16.2. The van der Waals surface area contributed by atoms with Crippen molar-refractivity contribution >= 4 is 41.4 Å². The normalized spacial score (nSPS) is 14.7. The van der Waals surface area contributed by atoms with E-state index >= 15 is 0 Å². The van der Waals surface area contributed by atoms with E-state index in [0.29, 0.717) is 16.0 Å². The zero-order chi connectivity index (χ0) is 16.7. The minimum absolute atomic E-state index is 0.391. The molecule has 0 aliphatic carbocycles. The fourth-order valence-corrected chi connectivity index (χ4v) is 4.02. The monoisotopic (exact) mass is 351 g/mol. The van der Waals surface area contributed by atoms with Crippen LogP contribution in [0.5, 0.6) is 0 Å². The van der Waals surface area contributed by atoms with Crippen LogP contribution >= 0.6 is 23.6 Å². The number of carbonyl (C=O) groups is 1. The van der Waals surface area contributed by atoms with Gasteiger partial charge in [0.1, 0.15) is 16.0 Å². The highest BCUT2D eigenvalue weighted by molar-refractivity contribution is 7.71. The molecule has 24 heavy (non-hydrogen) atoms. The van der Waals surface area contributed by atoms with Crippen LogP contribution in [0, 0.1) is 11.6 Å². The summed E-state index contributed by atoms with van der Waals surface area (Å²) in [6.07, 6.45) is 1.90. The fraction of sp³-hybridized carbons (Fsp3) is 0.0526. The number of fused-ring (bicyclic) bond motifs is 1. The zero-order valence-electron chi connectivity index (χ0n) is 12.8. The molecular formula is C19H13NO2S2. The molecule has 3 aromatic rings. The lowest BCUT2D eigenvalue weighted by molar-refractivity contribution is 0.0716. The molecule has 0 atom stereocenters. The summed E-state index contributed by atoms with van der Waals surface area (Å²) in [7, 11) is 0. The molecule has 4 rings (SSSR count). The van der Waals surface area contributed by atoms with Crippen molar-refractivity contribution in [2.75, 3.05) is 0 Å². The van der Waals surface area contributed by atoms with Crippen molar-refractivity contribution in [1.82, 2.24) is 4.98 Å². The summed E-state index contributed by atoms with van der Waals surface area (Å²) in [5, 5.41) is 0. The Bertz CT molecular complexity index is 1030. The topological polar surface area (TPSA) is 42.1 Å². The molecule has 0 amide bonds. The predicted octanol–water partition coefficient (Wildman–Crippen LogP) is 5.45. The van der Waals surface area contributed by atoms with Crippen LogP contribution in [0.4, 0.5) is 0 Å². The Morgan fingerprint density at radius 1 is 1.17 bits per heavy atom. The Kier molecular flexibility index (Phi) is 3.67. The van der Waals surface area contributed by atoms with Crippen molar-refractivity contribution in [3.05, 3.63) is 74.9 Å². The first kappa shape index (κ1) is 15.1. The molecule has 1 aliphatic heterocycles. The van der Waals surface area contributed by atoms with Crippen molar-refractivity contribution in [3.8, 4) is 10.4 Å². The van der Waals surface area contributed by atoms with Crippen LogP contribution in [0.15, 0.2) is 48.5 Å². The van der Waals surface area contributed by atoms with Crippen LogP contribution in [-0.4, -0.2) is 11.0 Å². The van der Waals surface area contributed by atoms with E-state index in [2.05, 4.69) is 23.2 Å². The van der Waals surface area contributed by atoms with E-state index < -0.39 is 5.97 Å². The van der Waals surface area contributed by atoms with E-state index in [9.17, 15) is 4.79 Å². The highest BCUT2D eigenvalue weighted by Gasteiger charge is 2.28. The third-order valence-corrected chi connectivity index (χ3v) is 5.19. The van der Waals surface area contributed by atoms with Crippen LogP contribution in [0.25, 0.3) is 22.3 Å². The second kappa shape index (κ2) is 5.85. The number of carbonyl (C=O) groups excluding carboxylic acids is 1. The number of esters is 1. The number of aromatic nitrogens is 1. The van der Waals surface area contributed by atoms with Crippen molar-refractivity contribution in [3.63, 3.8) is 0 Å². The van der Waals surface area contributed by atoms with Gasteiger partial charge < -0.3 is 9.72 Å². The number of rotatable bonds is 2. The first-order valence-electron chi connectivity index (χ1n) is 7.45. The molecule has 5 heteroatoms. The predicted molar refractivity (Wildman–Crippen MR) is 99.4 cm³/mol.